The Hall–Kier alpha value is -2.37. The lowest BCUT2D eigenvalue weighted by atomic mass is 10.1. The molecule has 0 aliphatic carbocycles. The second-order valence-corrected chi connectivity index (χ2v) is 5.45. The highest BCUT2D eigenvalue weighted by molar-refractivity contribution is 5.87. The molecule has 0 saturated heterocycles. The third-order valence-electron chi connectivity index (χ3n) is 3.49. The van der Waals surface area contributed by atoms with E-state index in [1.165, 1.54) is 0 Å². The topological polar surface area (TPSA) is 67.8 Å². The zero-order valence-electron chi connectivity index (χ0n) is 13.8. The molecule has 0 amide bonds. The van der Waals surface area contributed by atoms with Gasteiger partial charge in [-0.15, -0.1) is 0 Å². The summed E-state index contributed by atoms with van der Waals surface area (Å²) >= 11 is 0. The second kappa shape index (κ2) is 9.70. The predicted molar refractivity (Wildman–Crippen MR) is 92.4 cm³/mol. The van der Waals surface area contributed by atoms with Crippen molar-refractivity contribution in [2.75, 3.05) is 20.3 Å². The molecule has 0 aliphatic heterocycles. The molecule has 0 heterocycles. The molecule has 5 heteroatoms. The maximum absolute atomic E-state index is 11.0. The molecule has 0 saturated carbocycles. The molecule has 5 nitrogen and oxygen atoms in total. The maximum Gasteiger partial charge on any atom is 0.335 e. The lowest BCUT2D eigenvalue weighted by Crippen LogP contribution is -2.13. The van der Waals surface area contributed by atoms with Crippen LogP contribution < -0.4 is 10.1 Å². The first-order valence-corrected chi connectivity index (χ1v) is 7.92. The third-order valence-corrected chi connectivity index (χ3v) is 3.49. The molecule has 0 fully saturated rings. The average molecular weight is 329 g/mol. The number of carboxylic acids is 1. The summed E-state index contributed by atoms with van der Waals surface area (Å²) in [6.45, 7) is 2.62. The fourth-order valence-corrected chi connectivity index (χ4v) is 2.30. The molecule has 0 unspecified atom stereocenters. The number of hydrogen-bond acceptors (Lipinski definition) is 4. The number of ether oxygens (including phenoxy) is 2. The first-order chi connectivity index (χ1) is 11.7. The van der Waals surface area contributed by atoms with Gasteiger partial charge >= 0.3 is 5.97 Å². The minimum atomic E-state index is -0.907. The van der Waals surface area contributed by atoms with Crippen LogP contribution >= 0.6 is 0 Å². The number of rotatable bonds is 10. The van der Waals surface area contributed by atoms with Crippen molar-refractivity contribution >= 4 is 5.97 Å². The second-order valence-electron chi connectivity index (χ2n) is 5.45. The minimum Gasteiger partial charge on any atom is -0.493 e. The van der Waals surface area contributed by atoms with Gasteiger partial charge in [-0.05, 0) is 35.4 Å². The fourth-order valence-electron chi connectivity index (χ4n) is 2.30. The highest BCUT2D eigenvalue weighted by Gasteiger charge is 2.03. The Balaban J connectivity index is 1.81. The number of aromatic carboxylic acids is 1. The quantitative estimate of drug-likeness (QED) is 0.656. The number of benzene rings is 2. The summed E-state index contributed by atoms with van der Waals surface area (Å²) in [5, 5.41) is 12.3. The van der Waals surface area contributed by atoms with Crippen molar-refractivity contribution < 1.29 is 19.4 Å². The number of methoxy groups -OCH3 is 1. The van der Waals surface area contributed by atoms with Crippen LogP contribution in [-0.2, 0) is 17.8 Å². The van der Waals surface area contributed by atoms with E-state index in [-0.39, 0.29) is 0 Å². The first kappa shape index (κ1) is 18.0. The smallest absolute Gasteiger partial charge is 0.335 e. The van der Waals surface area contributed by atoms with Gasteiger partial charge in [-0.1, -0.05) is 24.3 Å². The van der Waals surface area contributed by atoms with E-state index in [0.29, 0.717) is 31.9 Å². The summed E-state index contributed by atoms with van der Waals surface area (Å²) in [6.07, 6.45) is 0.860. The number of hydrogen-bond donors (Lipinski definition) is 2. The molecule has 0 aliphatic rings. The zero-order chi connectivity index (χ0) is 17.2. The van der Waals surface area contributed by atoms with Gasteiger partial charge in [-0.3, -0.25) is 0 Å². The van der Waals surface area contributed by atoms with Gasteiger partial charge in [0.05, 0.1) is 12.2 Å². The summed E-state index contributed by atoms with van der Waals surface area (Å²) in [5.74, 6) is -0.0616. The van der Waals surface area contributed by atoms with Crippen LogP contribution in [0.4, 0.5) is 0 Å². The zero-order valence-corrected chi connectivity index (χ0v) is 13.8. The molecule has 2 aromatic carbocycles. The minimum absolute atomic E-state index is 0.306. The van der Waals surface area contributed by atoms with Gasteiger partial charge in [0.25, 0.3) is 0 Å². The first-order valence-electron chi connectivity index (χ1n) is 7.92. The van der Waals surface area contributed by atoms with Crippen molar-refractivity contribution in [2.45, 2.75) is 19.5 Å². The molecule has 2 aromatic rings. The SMILES string of the molecule is COCCCOc1cccc(CNCc2cccc(C(=O)O)c2)c1. The number of carbonyl (C=O) groups is 1. The molecular weight excluding hydrogens is 306 g/mol. The van der Waals surface area contributed by atoms with Crippen LogP contribution in [0.5, 0.6) is 5.75 Å². The van der Waals surface area contributed by atoms with Gasteiger partial charge in [0, 0.05) is 33.2 Å². The fraction of sp³-hybridized carbons (Fsp3) is 0.316. The Morgan fingerprint density at radius 1 is 1.04 bits per heavy atom. The Morgan fingerprint density at radius 2 is 1.75 bits per heavy atom. The van der Waals surface area contributed by atoms with Crippen molar-refractivity contribution in [3.05, 3.63) is 65.2 Å². The standard InChI is InChI=1S/C19H23NO4/c1-23-9-4-10-24-18-8-3-6-16(12-18)14-20-13-15-5-2-7-17(11-15)19(21)22/h2-3,5-8,11-12,20H,4,9-10,13-14H2,1H3,(H,21,22). The van der Waals surface area contributed by atoms with E-state index in [1.807, 2.05) is 30.3 Å². The van der Waals surface area contributed by atoms with Gasteiger partial charge in [0.1, 0.15) is 5.75 Å². The normalized spacial score (nSPS) is 10.5. The van der Waals surface area contributed by atoms with Crippen LogP contribution in [-0.4, -0.2) is 31.4 Å². The van der Waals surface area contributed by atoms with Crippen molar-refractivity contribution in [3.63, 3.8) is 0 Å². The predicted octanol–water partition coefficient (Wildman–Crippen LogP) is 3.09. The summed E-state index contributed by atoms with van der Waals surface area (Å²) in [7, 11) is 1.68. The summed E-state index contributed by atoms with van der Waals surface area (Å²) in [6, 6.07) is 14.9. The monoisotopic (exact) mass is 329 g/mol. The molecule has 24 heavy (non-hydrogen) atoms. The van der Waals surface area contributed by atoms with E-state index >= 15 is 0 Å². The largest absolute Gasteiger partial charge is 0.493 e. The molecule has 128 valence electrons. The third kappa shape index (κ3) is 6.02. The van der Waals surface area contributed by atoms with Crippen LogP contribution in [0.25, 0.3) is 0 Å². The Kier molecular flexibility index (Phi) is 7.26. The van der Waals surface area contributed by atoms with Crippen molar-refractivity contribution in [1.82, 2.24) is 5.32 Å². The summed E-state index contributed by atoms with van der Waals surface area (Å²) < 4.78 is 10.7. The average Bonchev–Trinajstić information content (AvgIpc) is 2.59. The lowest BCUT2D eigenvalue weighted by molar-refractivity contribution is 0.0696. The van der Waals surface area contributed by atoms with E-state index in [9.17, 15) is 4.79 Å². The molecule has 0 spiro atoms. The molecule has 0 aromatic heterocycles. The lowest BCUT2D eigenvalue weighted by Gasteiger charge is -2.09. The van der Waals surface area contributed by atoms with Gasteiger partial charge < -0.3 is 19.9 Å². The summed E-state index contributed by atoms with van der Waals surface area (Å²) in [5.41, 5.74) is 2.37. The van der Waals surface area contributed by atoms with E-state index in [1.54, 1.807) is 25.3 Å². The molecule has 2 rings (SSSR count). The van der Waals surface area contributed by atoms with Gasteiger partial charge in [-0.25, -0.2) is 4.79 Å². The van der Waals surface area contributed by atoms with Gasteiger partial charge in [0.2, 0.25) is 0 Å². The highest BCUT2D eigenvalue weighted by Crippen LogP contribution is 2.14. The van der Waals surface area contributed by atoms with Crippen LogP contribution in [0.1, 0.15) is 27.9 Å². The number of nitrogens with one attached hydrogen (secondary N) is 1. The maximum atomic E-state index is 11.0. The van der Waals surface area contributed by atoms with E-state index in [0.717, 1.165) is 23.3 Å². The molecular formula is C19H23NO4. The Bertz CT molecular complexity index is 657. The van der Waals surface area contributed by atoms with Crippen LogP contribution in [0, 0.1) is 0 Å². The van der Waals surface area contributed by atoms with Crippen LogP contribution in [0.3, 0.4) is 0 Å². The molecule has 0 bridgehead atoms. The molecule has 0 atom stereocenters. The van der Waals surface area contributed by atoms with E-state index in [2.05, 4.69) is 5.32 Å². The van der Waals surface area contributed by atoms with Crippen molar-refractivity contribution in [2.24, 2.45) is 0 Å². The van der Waals surface area contributed by atoms with Gasteiger partial charge in [0.15, 0.2) is 0 Å². The van der Waals surface area contributed by atoms with Gasteiger partial charge in [-0.2, -0.15) is 0 Å². The summed E-state index contributed by atoms with van der Waals surface area (Å²) in [4.78, 5) is 11.0. The van der Waals surface area contributed by atoms with E-state index in [4.69, 9.17) is 14.6 Å². The highest BCUT2D eigenvalue weighted by atomic mass is 16.5. The van der Waals surface area contributed by atoms with Crippen molar-refractivity contribution in [1.29, 1.82) is 0 Å². The van der Waals surface area contributed by atoms with Crippen LogP contribution in [0.2, 0.25) is 0 Å². The molecule has 2 N–H and O–H groups in total. The van der Waals surface area contributed by atoms with Crippen molar-refractivity contribution in [3.8, 4) is 5.75 Å². The van der Waals surface area contributed by atoms with E-state index < -0.39 is 5.97 Å². The Morgan fingerprint density at radius 3 is 2.46 bits per heavy atom. The number of carboxylic acid groups (broad SMARTS) is 1. The van der Waals surface area contributed by atoms with Crippen LogP contribution in [0.15, 0.2) is 48.5 Å². The molecule has 0 radical (unpaired) electrons. The Labute approximate surface area is 142 Å².